The van der Waals surface area contributed by atoms with E-state index >= 15 is 0 Å². The van der Waals surface area contributed by atoms with Gasteiger partial charge in [0.2, 0.25) is 5.91 Å². The maximum Gasteiger partial charge on any atom is 0.247 e. The highest BCUT2D eigenvalue weighted by molar-refractivity contribution is 5.81. The molecular weight excluding hydrogens is 118 g/mol. The molecule has 0 unspecified atom stereocenters. The number of hydroxylamine groups is 1. The van der Waals surface area contributed by atoms with Crippen LogP contribution >= 0.6 is 0 Å². The van der Waals surface area contributed by atoms with Crippen LogP contribution in [0.1, 0.15) is 20.3 Å². The Hall–Kier alpha value is -0.570. The fourth-order valence-corrected chi connectivity index (χ4v) is 0.993. The summed E-state index contributed by atoms with van der Waals surface area (Å²) in [5.41, 5.74) is 1.76. The minimum absolute atomic E-state index is 0.0301. The average Bonchev–Trinajstić information content (AvgIpc) is 2.38. The third-order valence-electron chi connectivity index (χ3n) is 1.94. The van der Waals surface area contributed by atoms with E-state index in [2.05, 4.69) is 0 Å². The number of carbonyl (C=O) groups is 1. The van der Waals surface area contributed by atoms with Crippen LogP contribution in [0.25, 0.3) is 0 Å². The van der Waals surface area contributed by atoms with Crippen molar-refractivity contribution >= 4 is 5.91 Å². The Morgan fingerprint density at radius 2 is 2.22 bits per heavy atom. The van der Waals surface area contributed by atoms with Gasteiger partial charge in [0.05, 0.1) is 0 Å². The molecule has 3 nitrogen and oxygen atoms in total. The Bertz CT molecular complexity index is 142. The van der Waals surface area contributed by atoms with Crippen LogP contribution in [0.15, 0.2) is 0 Å². The first-order chi connectivity index (χ1) is 4.08. The molecule has 1 fully saturated rings. The van der Waals surface area contributed by atoms with E-state index in [9.17, 15) is 4.79 Å². The van der Waals surface area contributed by atoms with Gasteiger partial charge < -0.3 is 0 Å². The van der Waals surface area contributed by atoms with Crippen LogP contribution in [-0.4, -0.2) is 11.1 Å². The molecule has 1 amide bonds. The lowest BCUT2D eigenvalue weighted by Gasteiger charge is -1.98. The smallest absolute Gasteiger partial charge is 0.247 e. The minimum atomic E-state index is -0.250. The van der Waals surface area contributed by atoms with E-state index in [0.717, 1.165) is 6.42 Å². The SMILES string of the molecule is CC1(C)C[C@@H]1C(=O)NO. The summed E-state index contributed by atoms with van der Waals surface area (Å²) >= 11 is 0. The molecule has 0 spiro atoms. The van der Waals surface area contributed by atoms with Crippen LogP contribution in [0, 0.1) is 11.3 Å². The Kier molecular flexibility index (Phi) is 1.24. The molecule has 9 heavy (non-hydrogen) atoms. The molecule has 0 aromatic heterocycles. The standard InChI is InChI=1S/C6H11NO2/c1-6(2)3-4(6)5(8)7-9/h4,9H,3H2,1-2H3,(H,7,8)/t4-/m1/s1. The summed E-state index contributed by atoms with van der Waals surface area (Å²) in [4.78, 5) is 10.6. The fraction of sp³-hybridized carbons (Fsp3) is 0.833. The predicted octanol–water partition coefficient (Wildman–Crippen LogP) is 0.538. The Morgan fingerprint density at radius 3 is 2.33 bits per heavy atom. The molecule has 1 saturated carbocycles. The fourth-order valence-electron chi connectivity index (χ4n) is 0.993. The predicted molar refractivity (Wildman–Crippen MR) is 31.8 cm³/mol. The van der Waals surface area contributed by atoms with E-state index in [1.807, 2.05) is 13.8 Å². The number of hydrogen-bond acceptors (Lipinski definition) is 2. The zero-order valence-electron chi connectivity index (χ0n) is 5.64. The summed E-state index contributed by atoms with van der Waals surface area (Å²) in [6.45, 7) is 4.01. The van der Waals surface area contributed by atoms with Crippen LogP contribution in [0.3, 0.4) is 0 Å². The molecular formula is C6H11NO2. The normalized spacial score (nSPS) is 29.4. The van der Waals surface area contributed by atoms with Crippen molar-refractivity contribution in [3.8, 4) is 0 Å². The van der Waals surface area contributed by atoms with Gasteiger partial charge in [-0.25, -0.2) is 5.48 Å². The third-order valence-corrected chi connectivity index (χ3v) is 1.94. The highest BCUT2D eigenvalue weighted by Gasteiger charge is 2.50. The second kappa shape index (κ2) is 1.70. The molecule has 52 valence electrons. The van der Waals surface area contributed by atoms with E-state index < -0.39 is 0 Å². The zero-order valence-corrected chi connectivity index (χ0v) is 5.64. The van der Waals surface area contributed by atoms with Gasteiger partial charge in [0.15, 0.2) is 0 Å². The summed E-state index contributed by atoms with van der Waals surface area (Å²) in [6.07, 6.45) is 0.888. The van der Waals surface area contributed by atoms with Gasteiger partial charge in [-0.15, -0.1) is 0 Å². The summed E-state index contributed by atoms with van der Waals surface area (Å²) in [5, 5.41) is 8.18. The molecule has 1 rings (SSSR count). The summed E-state index contributed by atoms with van der Waals surface area (Å²) in [6, 6.07) is 0. The molecule has 0 radical (unpaired) electrons. The zero-order chi connectivity index (χ0) is 7.07. The van der Waals surface area contributed by atoms with E-state index in [-0.39, 0.29) is 17.2 Å². The van der Waals surface area contributed by atoms with Gasteiger partial charge in [0.1, 0.15) is 0 Å². The van der Waals surface area contributed by atoms with Crippen molar-refractivity contribution in [3.63, 3.8) is 0 Å². The van der Waals surface area contributed by atoms with E-state index in [0.29, 0.717) is 0 Å². The summed E-state index contributed by atoms with van der Waals surface area (Å²) < 4.78 is 0. The minimum Gasteiger partial charge on any atom is -0.289 e. The molecule has 3 heteroatoms. The largest absolute Gasteiger partial charge is 0.289 e. The number of rotatable bonds is 1. The second-order valence-electron chi connectivity index (χ2n) is 3.22. The number of hydrogen-bond donors (Lipinski definition) is 2. The molecule has 0 aromatic rings. The first kappa shape index (κ1) is 6.55. The average molecular weight is 129 g/mol. The highest BCUT2D eigenvalue weighted by atomic mass is 16.5. The van der Waals surface area contributed by atoms with Crippen LogP contribution in [0.4, 0.5) is 0 Å². The number of nitrogens with one attached hydrogen (secondary N) is 1. The molecule has 0 aromatic carbocycles. The lowest BCUT2D eigenvalue weighted by molar-refractivity contribution is -0.131. The summed E-state index contributed by atoms with van der Waals surface area (Å²) in [7, 11) is 0. The van der Waals surface area contributed by atoms with Gasteiger partial charge in [-0.1, -0.05) is 13.8 Å². The monoisotopic (exact) mass is 129 g/mol. The van der Waals surface area contributed by atoms with E-state index in [1.165, 1.54) is 0 Å². The Labute approximate surface area is 54.0 Å². The second-order valence-corrected chi connectivity index (χ2v) is 3.22. The maximum absolute atomic E-state index is 10.6. The molecule has 0 aliphatic heterocycles. The van der Waals surface area contributed by atoms with Crippen LogP contribution < -0.4 is 5.48 Å². The van der Waals surface area contributed by atoms with Crippen LogP contribution in [0.5, 0.6) is 0 Å². The van der Waals surface area contributed by atoms with Gasteiger partial charge in [0, 0.05) is 5.92 Å². The van der Waals surface area contributed by atoms with Gasteiger partial charge in [0.25, 0.3) is 0 Å². The van der Waals surface area contributed by atoms with Gasteiger partial charge in [-0.05, 0) is 11.8 Å². The first-order valence-corrected chi connectivity index (χ1v) is 3.02. The van der Waals surface area contributed by atoms with Crippen LogP contribution in [-0.2, 0) is 4.79 Å². The van der Waals surface area contributed by atoms with Crippen molar-refractivity contribution in [3.05, 3.63) is 0 Å². The molecule has 0 bridgehead atoms. The lowest BCUT2D eigenvalue weighted by atomic mass is 10.1. The Morgan fingerprint density at radius 1 is 1.78 bits per heavy atom. The molecule has 0 heterocycles. The maximum atomic E-state index is 10.6. The molecule has 0 saturated heterocycles. The van der Waals surface area contributed by atoms with Crippen molar-refractivity contribution < 1.29 is 10.0 Å². The molecule has 1 aliphatic rings. The van der Waals surface area contributed by atoms with Crippen molar-refractivity contribution in [2.24, 2.45) is 11.3 Å². The van der Waals surface area contributed by atoms with Gasteiger partial charge in [-0.2, -0.15) is 0 Å². The third kappa shape index (κ3) is 1.05. The van der Waals surface area contributed by atoms with Crippen molar-refractivity contribution in [2.45, 2.75) is 20.3 Å². The van der Waals surface area contributed by atoms with Gasteiger partial charge in [-0.3, -0.25) is 10.0 Å². The Balaban J connectivity index is 2.42. The number of amides is 1. The highest BCUT2D eigenvalue weighted by Crippen LogP contribution is 2.51. The molecule has 1 atom stereocenters. The van der Waals surface area contributed by atoms with E-state index in [4.69, 9.17) is 5.21 Å². The van der Waals surface area contributed by atoms with Crippen LogP contribution in [0.2, 0.25) is 0 Å². The van der Waals surface area contributed by atoms with Crippen molar-refractivity contribution in [1.29, 1.82) is 0 Å². The van der Waals surface area contributed by atoms with E-state index in [1.54, 1.807) is 5.48 Å². The van der Waals surface area contributed by atoms with Gasteiger partial charge >= 0.3 is 0 Å². The number of carbonyl (C=O) groups excluding carboxylic acids is 1. The van der Waals surface area contributed by atoms with Crippen molar-refractivity contribution in [1.82, 2.24) is 5.48 Å². The summed E-state index contributed by atoms with van der Waals surface area (Å²) in [5.74, 6) is -0.220. The first-order valence-electron chi connectivity index (χ1n) is 3.02. The van der Waals surface area contributed by atoms with Crippen molar-refractivity contribution in [2.75, 3.05) is 0 Å². The quantitative estimate of drug-likeness (QED) is 0.401. The molecule has 1 aliphatic carbocycles. The topological polar surface area (TPSA) is 49.3 Å². The molecule has 2 N–H and O–H groups in total. The lowest BCUT2D eigenvalue weighted by Crippen LogP contribution is -2.22.